The maximum Gasteiger partial charge on any atom is 0.264 e. The molecule has 8 heteroatoms. The standard InChI is InChI=1S/C22H22Cl2N2O3S/c1-5-13(3)29-20-16(24)8-14(9-18(20)28-4)10-19-21(27)26-22(30-19)25-17-11-15(23)7-6-12(17)2/h6-11,13H,5H2,1-4H3,(H,25,26,27)/b19-10-/t13-/m1/s1. The zero-order valence-corrected chi connectivity index (χ0v) is 19.4. The molecule has 1 heterocycles. The largest absolute Gasteiger partial charge is 0.493 e. The van der Waals surface area contributed by atoms with Crippen molar-refractivity contribution in [2.75, 3.05) is 7.11 Å². The molecule has 5 nitrogen and oxygen atoms in total. The van der Waals surface area contributed by atoms with Gasteiger partial charge in [-0.05, 0) is 73.5 Å². The molecule has 0 bridgehead atoms. The number of amidine groups is 1. The van der Waals surface area contributed by atoms with E-state index in [2.05, 4.69) is 10.3 Å². The minimum absolute atomic E-state index is 0.00508. The van der Waals surface area contributed by atoms with Crippen molar-refractivity contribution >= 4 is 57.8 Å². The highest BCUT2D eigenvalue weighted by Crippen LogP contribution is 2.39. The number of aliphatic imine (C=N–C) groups is 1. The first kappa shape index (κ1) is 22.5. The monoisotopic (exact) mass is 464 g/mol. The van der Waals surface area contributed by atoms with Crippen LogP contribution in [0.25, 0.3) is 6.08 Å². The highest BCUT2D eigenvalue weighted by molar-refractivity contribution is 8.18. The first-order valence-corrected chi connectivity index (χ1v) is 11.0. The zero-order valence-electron chi connectivity index (χ0n) is 17.1. The van der Waals surface area contributed by atoms with Gasteiger partial charge in [-0.1, -0.05) is 36.2 Å². The van der Waals surface area contributed by atoms with Crippen molar-refractivity contribution in [1.29, 1.82) is 0 Å². The summed E-state index contributed by atoms with van der Waals surface area (Å²) in [4.78, 5) is 17.4. The van der Waals surface area contributed by atoms with E-state index in [0.717, 1.165) is 17.5 Å². The molecule has 0 aliphatic carbocycles. The lowest BCUT2D eigenvalue weighted by Crippen LogP contribution is -2.19. The van der Waals surface area contributed by atoms with Gasteiger partial charge in [0.15, 0.2) is 16.7 Å². The van der Waals surface area contributed by atoms with Gasteiger partial charge in [-0.2, -0.15) is 0 Å². The molecule has 1 N–H and O–H groups in total. The first-order valence-electron chi connectivity index (χ1n) is 9.40. The second kappa shape index (κ2) is 9.77. The first-order chi connectivity index (χ1) is 14.3. The lowest BCUT2D eigenvalue weighted by Gasteiger charge is -2.17. The zero-order chi connectivity index (χ0) is 21.8. The summed E-state index contributed by atoms with van der Waals surface area (Å²) in [6.07, 6.45) is 2.59. The van der Waals surface area contributed by atoms with Crippen LogP contribution in [0.15, 0.2) is 40.2 Å². The maximum atomic E-state index is 12.4. The average Bonchev–Trinajstić information content (AvgIpc) is 3.05. The van der Waals surface area contributed by atoms with E-state index in [9.17, 15) is 4.79 Å². The molecule has 0 aromatic heterocycles. The number of ether oxygens (including phenoxy) is 2. The molecule has 2 aromatic rings. The number of nitrogens with zero attached hydrogens (tertiary/aromatic N) is 1. The molecule has 1 fully saturated rings. The third-order valence-electron chi connectivity index (χ3n) is 4.49. The molecule has 0 unspecified atom stereocenters. The molecular formula is C22H22Cl2N2O3S. The van der Waals surface area contributed by atoms with Crippen LogP contribution in [0.3, 0.4) is 0 Å². The van der Waals surface area contributed by atoms with Crippen LogP contribution in [0.2, 0.25) is 10.0 Å². The molecule has 2 aromatic carbocycles. The SMILES string of the molecule is CC[C@@H](C)Oc1c(Cl)cc(/C=C2\SC(=Nc3cc(Cl)ccc3C)NC2=O)cc1OC. The highest BCUT2D eigenvalue weighted by atomic mass is 35.5. The molecule has 0 saturated carbocycles. The van der Waals surface area contributed by atoms with Crippen molar-refractivity contribution in [2.24, 2.45) is 4.99 Å². The predicted octanol–water partition coefficient (Wildman–Crippen LogP) is 6.38. The number of halogens is 2. The van der Waals surface area contributed by atoms with Crippen LogP contribution in [-0.2, 0) is 4.79 Å². The topological polar surface area (TPSA) is 59.9 Å². The predicted molar refractivity (Wildman–Crippen MR) is 125 cm³/mol. The number of aryl methyl sites for hydroxylation is 1. The van der Waals surface area contributed by atoms with Crippen LogP contribution in [0.4, 0.5) is 5.69 Å². The molecule has 1 saturated heterocycles. The van der Waals surface area contributed by atoms with Gasteiger partial charge in [0.1, 0.15) is 0 Å². The molecule has 0 spiro atoms. The lowest BCUT2D eigenvalue weighted by atomic mass is 10.1. The fraction of sp³-hybridized carbons (Fsp3) is 0.273. The number of carbonyl (C=O) groups is 1. The van der Waals surface area contributed by atoms with Crippen LogP contribution in [-0.4, -0.2) is 24.3 Å². The van der Waals surface area contributed by atoms with Crippen LogP contribution in [0, 0.1) is 6.92 Å². The van der Waals surface area contributed by atoms with Gasteiger partial charge in [0, 0.05) is 5.02 Å². The van der Waals surface area contributed by atoms with Crippen molar-refractivity contribution in [1.82, 2.24) is 5.32 Å². The fourth-order valence-corrected chi connectivity index (χ4v) is 3.93. The van der Waals surface area contributed by atoms with E-state index in [1.54, 1.807) is 37.5 Å². The number of amides is 1. The summed E-state index contributed by atoms with van der Waals surface area (Å²) >= 11 is 13.7. The number of carbonyl (C=O) groups excluding carboxylic acids is 1. The van der Waals surface area contributed by atoms with Gasteiger partial charge in [-0.15, -0.1) is 0 Å². The van der Waals surface area contributed by atoms with E-state index in [0.29, 0.717) is 37.3 Å². The molecule has 1 amide bonds. The van der Waals surface area contributed by atoms with Crippen LogP contribution >= 0.6 is 35.0 Å². The normalized spacial score (nSPS) is 17.3. The highest BCUT2D eigenvalue weighted by Gasteiger charge is 2.24. The second-order valence-electron chi connectivity index (χ2n) is 6.78. The Bertz CT molecular complexity index is 1040. The summed E-state index contributed by atoms with van der Waals surface area (Å²) in [6, 6.07) is 8.99. The van der Waals surface area contributed by atoms with Crippen molar-refractivity contribution in [3.63, 3.8) is 0 Å². The molecule has 3 rings (SSSR count). The Morgan fingerprint density at radius 1 is 1.27 bits per heavy atom. The Morgan fingerprint density at radius 2 is 2.03 bits per heavy atom. The van der Waals surface area contributed by atoms with Gasteiger partial charge in [-0.25, -0.2) is 4.99 Å². The van der Waals surface area contributed by atoms with Crippen molar-refractivity contribution in [3.05, 3.63) is 56.4 Å². The Balaban J connectivity index is 1.88. The number of rotatable bonds is 6. The van der Waals surface area contributed by atoms with E-state index in [1.165, 1.54) is 11.8 Å². The van der Waals surface area contributed by atoms with Gasteiger partial charge in [0.05, 0.1) is 28.8 Å². The van der Waals surface area contributed by atoms with E-state index >= 15 is 0 Å². The molecule has 0 radical (unpaired) electrons. The average molecular weight is 465 g/mol. The number of methoxy groups -OCH3 is 1. The molecular weight excluding hydrogens is 443 g/mol. The van der Waals surface area contributed by atoms with Gasteiger partial charge < -0.3 is 14.8 Å². The Morgan fingerprint density at radius 3 is 2.73 bits per heavy atom. The Labute approximate surface area is 190 Å². The van der Waals surface area contributed by atoms with Crippen LogP contribution < -0.4 is 14.8 Å². The van der Waals surface area contributed by atoms with Gasteiger partial charge in [0.25, 0.3) is 5.91 Å². The van der Waals surface area contributed by atoms with Gasteiger partial charge in [-0.3, -0.25) is 4.79 Å². The number of nitrogens with one attached hydrogen (secondary N) is 1. The third kappa shape index (κ3) is 5.31. The summed E-state index contributed by atoms with van der Waals surface area (Å²) in [7, 11) is 1.56. The van der Waals surface area contributed by atoms with E-state index in [1.807, 2.05) is 26.8 Å². The van der Waals surface area contributed by atoms with Crippen molar-refractivity contribution in [3.8, 4) is 11.5 Å². The summed E-state index contributed by atoms with van der Waals surface area (Å²) in [5.74, 6) is 0.785. The third-order valence-corrected chi connectivity index (χ3v) is 5.91. The number of hydrogen-bond donors (Lipinski definition) is 1. The Kier molecular flexibility index (Phi) is 7.34. The fourth-order valence-electron chi connectivity index (χ4n) is 2.67. The van der Waals surface area contributed by atoms with Crippen molar-refractivity contribution in [2.45, 2.75) is 33.3 Å². The second-order valence-corrected chi connectivity index (χ2v) is 8.66. The van der Waals surface area contributed by atoms with Gasteiger partial charge in [0.2, 0.25) is 0 Å². The van der Waals surface area contributed by atoms with Gasteiger partial charge >= 0.3 is 0 Å². The number of benzene rings is 2. The van der Waals surface area contributed by atoms with E-state index < -0.39 is 0 Å². The smallest absolute Gasteiger partial charge is 0.264 e. The summed E-state index contributed by atoms with van der Waals surface area (Å²) in [5.41, 5.74) is 2.40. The molecule has 158 valence electrons. The summed E-state index contributed by atoms with van der Waals surface area (Å²) in [5, 5.41) is 4.29. The van der Waals surface area contributed by atoms with Crippen LogP contribution in [0.1, 0.15) is 31.4 Å². The molecule has 1 aliphatic heterocycles. The Hall–Kier alpha value is -2.15. The lowest BCUT2D eigenvalue weighted by molar-refractivity contribution is -0.115. The quantitative estimate of drug-likeness (QED) is 0.503. The minimum atomic E-state index is -0.228. The number of hydrogen-bond acceptors (Lipinski definition) is 5. The van der Waals surface area contributed by atoms with Crippen LogP contribution in [0.5, 0.6) is 11.5 Å². The number of thioether (sulfide) groups is 1. The molecule has 30 heavy (non-hydrogen) atoms. The molecule has 1 atom stereocenters. The molecule has 1 aliphatic rings. The maximum absolute atomic E-state index is 12.4. The van der Waals surface area contributed by atoms with E-state index in [-0.39, 0.29) is 12.0 Å². The van der Waals surface area contributed by atoms with Crippen molar-refractivity contribution < 1.29 is 14.3 Å². The summed E-state index contributed by atoms with van der Waals surface area (Å²) < 4.78 is 11.3. The summed E-state index contributed by atoms with van der Waals surface area (Å²) in [6.45, 7) is 5.93. The minimum Gasteiger partial charge on any atom is -0.493 e. The van der Waals surface area contributed by atoms with E-state index in [4.69, 9.17) is 32.7 Å².